The average molecular weight is 585 g/mol. The van der Waals surface area contributed by atoms with E-state index in [1.165, 1.54) is 133 Å². The molecule has 6 aromatic rings. The first-order valence-electron chi connectivity index (χ1n) is 16.7. The molecule has 0 atom stereocenters. The van der Waals surface area contributed by atoms with Gasteiger partial charge in [0.15, 0.2) is 0 Å². The molecule has 6 rings (SSSR count). The average Bonchev–Trinajstić information content (AvgIpc) is 3.53. The van der Waals surface area contributed by atoms with Gasteiger partial charge in [-0.1, -0.05) is 0 Å². The van der Waals surface area contributed by atoms with Crippen LogP contribution >= 0.6 is 0 Å². The third-order valence-electron chi connectivity index (χ3n) is 12.5. The molecule has 0 aliphatic heterocycles. The molecule has 0 bridgehead atoms. The van der Waals surface area contributed by atoms with E-state index < -0.39 is 0 Å². The largest absolute Gasteiger partial charge is 0.340 e. The van der Waals surface area contributed by atoms with Crippen LogP contribution in [0.25, 0.3) is 54.7 Å². The van der Waals surface area contributed by atoms with E-state index in [0.717, 1.165) is 13.1 Å². The fraction of sp³-hybridized carbons (Fsp3) is 0.429. The van der Waals surface area contributed by atoms with Crippen LogP contribution in [0.5, 0.6) is 0 Å². The zero-order chi connectivity index (χ0) is 32.4. The third kappa shape index (κ3) is 3.49. The highest BCUT2D eigenvalue weighted by Gasteiger charge is 2.29. The maximum Gasteiger partial charge on any atom is 0.0577 e. The van der Waals surface area contributed by atoms with Crippen LogP contribution in [-0.4, -0.2) is 9.13 Å². The lowest BCUT2D eigenvalue weighted by atomic mass is 9.83. The molecular formula is C42H52N2. The van der Waals surface area contributed by atoms with E-state index in [4.69, 9.17) is 0 Å². The molecular weight excluding hydrogens is 532 g/mol. The Kier molecular flexibility index (Phi) is 6.93. The first kappa shape index (κ1) is 30.5. The lowest BCUT2D eigenvalue weighted by molar-refractivity contribution is 0.820. The van der Waals surface area contributed by atoms with Gasteiger partial charge in [-0.05, 0) is 189 Å². The number of benzene rings is 4. The quantitative estimate of drug-likeness (QED) is 0.196. The van der Waals surface area contributed by atoms with E-state index in [2.05, 4.69) is 120 Å². The van der Waals surface area contributed by atoms with E-state index in [-0.39, 0.29) is 0 Å². The number of fused-ring (bicyclic) bond motifs is 6. The molecule has 230 valence electrons. The Morgan fingerprint density at radius 2 is 0.500 bits per heavy atom. The fourth-order valence-electron chi connectivity index (χ4n) is 8.76. The number of aryl methyl sites for hydroxylation is 8. The van der Waals surface area contributed by atoms with Crippen molar-refractivity contribution in [1.29, 1.82) is 0 Å². The van der Waals surface area contributed by atoms with Crippen molar-refractivity contribution >= 4 is 43.6 Å². The summed E-state index contributed by atoms with van der Waals surface area (Å²) in [5.41, 5.74) is 28.5. The standard InChI is InChI=1S/C42H52N2/c1-17-43-39-31(15)21(5)19(3)25(9)33(39)35-27(11)23(7)29(13)37(41(35)43)38-30(14)24(8)28(12)36-34-26(10)20(4)22(6)32(16)40(34)44(18-2)42(36)38/h17-18H2,1-16H3. The Balaban J connectivity index is 2.04. The maximum atomic E-state index is 2.67. The highest BCUT2D eigenvalue weighted by molar-refractivity contribution is 6.23. The van der Waals surface area contributed by atoms with E-state index in [1.54, 1.807) is 0 Å². The monoisotopic (exact) mass is 584 g/mol. The highest BCUT2D eigenvalue weighted by Crippen LogP contribution is 2.50. The number of hydrogen-bond acceptors (Lipinski definition) is 0. The zero-order valence-corrected chi connectivity index (χ0v) is 30.3. The Morgan fingerprint density at radius 3 is 0.773 bits per heavy atom. The van der Waals surface area contributed by atoms with Crippen LogP contribution in [0.3, 0.4) is 0 Å². The van der Waals surface area contributed by atoms with E-state index in [9.17, 15) is 0 Å². The minimum Gasteiger partial charge on any atom is -0.340 e. The summed E-state index contributed by atoms with van der Waals surface area (Å²) in [6.07, 6.45) is 0. The lowest BCUT2D eigenvalue weighted by Crippen LogP contribution is -2.05. The summed E-state index contributed by atoms with van der Waals surface area (Å²) in [5.74, 6) is 0. The van der Waals surface area contributed by atoms with Crippen LogP contribution in [0.2, 0.25) is 0 Å². The van der Waals surface area contributed by atoms with E-state index in [0.29, 0.717) is 0 Å². The molecule has 0 aliphatic carbocycles. The molecule has 44 heavy (non-hydrogen) atoms. The van der Waals surface area contributed by atoms with Gasteiger partial charge in [-0.3, -0.25) is 0 Å². The van der Waals surface area contributed by atoms with Gasteiger partial charge in [0.2, 0.25) is 0 Å². The molecule has 0 amide bonds. The molecule has 0 saturated heterocycles. The van der Waals surface area contributed by atoms with Crippen molar-refractivity contribution in [2.45, 2.75) is 124 Å². The normalized spacial score (nSPS) is 12.3. The van der Waals surface area contributed by atoms with Gasteiger partial charge in [0.25, 0.3) is 0 Å². The maximum absolute atomic E-state index is 2.67. The predicted molar refractivity (Wildman–Crippen MR) is 196 cm³/mol. The molecule has 2 heteroatoms. The van der Waals surface area contributed by atoms with Crippen LogP contribution < -0.4 is 0 Å². The molecule has 0 N–H and O–H groups in total. The van der Waals surface area contributed by atoms with Crippen molar-refractivity contribution in [3.63, 3.8) is 0 Å². The number of nitrogens with zero attached hydrogens (tertiary/aromatic N) is 2. The molecule has 0 aliphatic rings. The van der Waals surface area contributed by atoms with Gasteiger partial charge in [-0.25, -0.2) is 0 Å². The van der Waals surface area contributed by atoms with Crippen molar-refractivity contribution < 1.29 is 0 Å². The van der Waals surface area contributed by atoms with Crippen LogP contribution in [0.1, 0.15) is 91.7 Å². The number of aromatic nitrogens is 2. The molecule has 0 radical (unpaired) electrons. The second-order valence-electron chi connectivity index (χ2n) is 13.9. The minimum atomic E-state index is 0.943. The summed E-state index contributed by atoms with van der Waals surface area (Å²) in [6.45, 7) is 39.4. The minimum absolute atomic E-state index is 0.943. The van der Waals surface area contributed by atoms with Gasteiger partial charge in [0, 0.05) is 45.8 Å². The SMILES string of the molecule is CCn1c2c(C)c(C)c(C)c(C)c2c2c(C)c(C)c(C)c(-c3c(C)c(C)c(C)c4c5c(C)c(C)c(C)c(C)c5n(CC)c34)c21. The zero-order valence-electron chi connectivity index (χ0n) is 30.3. The van der Waals surface area contributed by atoms with Crippen LogP contribution in [0.4, 0.5) is 0 Å². The van der Waals surface area contributed by atoms with Gasteiger partial charge in [0.05, 0.1) is 22.1 Å². The van der Waals surface area contributed by atoms with Crippen molar-refractivity contribution in [2.24, 2.45) is 0 Å². The van der Waals surface area contributed by atoms with Gasteiger partial charge in [-0.2, -0.15) is 0 Å². The van der Waals surface area contributed by atoms with Gasteiger partial charge in [-0.15, -0.1) is 0 Å². The van der Waals surface area contributed by atoms with Gasteiger partial charge in [0.1, 0.15) is 0 Å². The Labute approximate surface area is 265 Å². The highest BCUT2D eigenvalue weighted by atomic mass is 15.0. The van der Waals surface area contributed by atoms with Crippen molar-refractivity contribution in [1.82, 2.24) is 9.13 Å². The molecule has 0 saturated carbocycles. The molecule has 2 heterocycles. The van der Waals surface area contributed by atoms with Crippen LogP contribution in [-0.2, 0) is 13.1 Å². The predicted octanol–water partition coefficient (Wildman–Crippen LogP) is 11.9. The smallest absolute Gasteiger partial charge is 0.0577 e. The number of rotatable bonds is 3. The first-order chi connectivity index (χ1) is 20.6. The Morgan fingerprint density at radius 1 is 0.273 bits per heavy atom. The van der Waals surface area contributed by atoms with E-state index in [1.807, 2.05) is 0 Å². The second-order valence-corrected chi connectivity index (χ2v) is 13.9. The molecule has 0 spiro atoms. The Hall–Kier alpha value is -3.52. The number of hydrogen-bond donors (Lipinski definition) is 0. The summed E-state index contributed by atoms with van der Waals surface area (Å²) < 4.78 is 5.33. The Bertz CT molecular complexity index is 2100. The van der Waals surface area contributed by atoms with Crippen LogP contribution in [0, 0.1) is 96.9 Å². The molecule has 2 nitrogen and oxygen atoms in total. The van der Waals surface area contributed by atoms with Crippen molar-refractivity contribution in [3.05, 3.63) is 77.9 Å². The summed E-state index contributed by atoms with van der Waals surface area (Å²) in [7, 11) is 0. The summed E-state index contributed by atoms with van der Waals surface area (Å²) in [5, 5.41) is 5.81. The summed E-state index contributed by atoms with van der Waals surface area (Å²) in [4.78, 5) is 0. The van der Waals surface area contributed by atoms with E-state index >= 15 is 0 Å². The molecule has 0 fully saturated rings. The topological polar surface area (TPSA) is 9.86 Å². The van der Waals surface area contributed by atoms with Crippen LogP contribution in [0.15, 0.2) is 0 Å². The summed E-state index contributed by atoms with van der Waals surface area (Å²) in [6, 6.07) is 0. The third-order valence-corrected chi connectivity index (χ3v) is 12.5. The van der Waals surface area contributed by atoms with Crippen molar-refractivity contribution in [3.8, 4) is 11.1 Å². The fourth-order valence-corrected chi connectivity index (χ4v) is 8.76. The lowest BCUT2D eigenvalue weighted by Gasteiger charge is -2.22. The summed E-state index contributed by atoms with van der Waals surface area (Å²) >= 11 is 0. The van der Waals surface area contributed by atoms with Gasteiger partial charge >= 0.3 is 0 Å². The van der Waals surface area contributed by atoms with Crippen molar-refractivity contribution in [2.75, 3.05) is 0 Å². The molecule has 4 aromatic carbocycles. The molecule has 2 aromatic heterocycles. The second kappa shape index (κ2) is 9.99. The van der Waals surface area contributed by atoms with Gasteiger partial charge < -0.3 is 9.13 Å². The molecule has 0 unspecified atom stereocenters. The first-order valence-corrected chi connectivity index (χ1v) is 16.7.